The first-order valence-corrected chi connectivity index (χ1v) is 3.77. The van der Waals surface area contributed by atoms with Crippen LogP contribution < -0.4 is 0 Å². The van der Waals surface area contributed by atoms with E-state index in [9.17, 15) is 0 Å². The summed E-state index contributed by atoms with van der Waals surface area (Å²) in [5.74, 6) is 0. The Morgan fingerprint density at radius 3 is 1.38 bits per heavy atom. The van der Waals surface area contributed by atoms with Crippen molar-refractivity contribution in [1.82, 2.24) is 0 Å². The SMILES string of the molecule is CC(O)CCO.O.OCC(O)CO. The smallest absolute Gasteiger partial charge is 0.100 e. The quantitative estimate of drug-likeness (QED) is 0.336. The lowest BCUT2D eigenvalue weighted by molar-refractivity contribution is 0.0450. The Labute approximate surface area is 77.4 Å². The van der Waals surface area contributed by atoms with Crippen molar-refractivity contribution < 1.29 is 31.0 Å². The summed E-state index contributed by atoms with van der Waals surface area (Å²) in [6, 6.07) is 0. The van der Waals surface area contributed by atoms with Gasteiger partial charge >= 0.3 is 0 Å². The lowest BCUT2D eigenvalue weighted by atomic mass is 10.3. The van der Waals surface area contributed by atoms with Gasteiger partial charge in [0.2, 0.25) is 0 Å². The zero-order valence-corrected chi connectivity index (χ0v) is 7.72. The molecule has 6 heteroatoms. The normalized spacial score (nSPS) is 11.3. The van der Waals surface area contributed by atoms with Crippen LogP contribution >= 0.6 is 0 Å². The van der Waals surface area contributed by atoms with E-state index in [0.29, 0.717) is 6.42 Å². The second-order valence-corrected chi connectivity index (χ2v) is 2.38. The van der Waals surface area contributed by atoms with E-state index in [2.05, 4.69) is 0 Å². The Kier molecular flexibility index (Phi) is 20.4. The van der Waals surface area contributed by atoms with Crippen LogP contribution in [0.15, 0.2) is 0 Å². The van der Waals surface area contributed by atoms with Crippen molar-refractivity contribution in [3.63, 3.8) is 0 Å². The highest BCUT2D eigenvalue weighted by atomic mass is 16.3. The van der Waals surface area contributed by atoms with Gasteiger partial charge in [0.05, 0.1) is 19.3 Å². The number of hydrogen-bond donors (Lipinski definition) is 5. The van der Waals surface area contributed by atoms with Crippen molar-refractivity contribution in [2.45, 2.75) is 25.6 Å². The number of aliphatic hydroxyl groups excluding tert-OH is 5. The van der Waals surface area contributed by atoms with E-state index >= 15 is 0 Å². The zero-order valence-electron chi connectivity index (χ0n) is 7.72. The molecule has 0 aromatic rings. The topological polar surface area (TPSA) is 133 Å². The Hall–Kier alpha value is -0.240. The second-order valence-electron chi connectivity index (χ2n) is 2.38. The molecular formula is C7H20O6. The summed E-state index contributed by atoms with van der Waals surface area (Å²) < 4.78 is 0. The molecule has 0 heterocycles. The average molecular weight is 200 g/mol. The van der Waals surface area contributed by atoms with Crippen LogP contribution in [0.25, 0.3) is 0 Å². The lowest BCUT2D eigenvalue weighted by Gasteiger charge is -1.96. The highest BCUT2D eigenvalue weighted by Crippen LogP contribution is 1.83. The molecule has 0 fully saturated rings. The molecule has 1 atom stereocenters. The monoisotopic (exact) mass is 200 g/mol. The maximum Gasteiger partial charge on any atom is 0.100 e. The van der Waals surface area contributed by atoms with Crippen molar-refractivity contribution in [1.29, 1.82) is 0 Å². The van der Waals surface area contributed by atoms with Crippen molar-refractivity contribution in [3.8, 4) is 0 Å². The summed E-state index contributed by atoms with van der Waals surface area (Å²) in [7, 11) is 0. The summed E-state index contributed by atoms with van der Waals surface area (Å²) in [5.41, 5.74) is 0. The Morgan fingerprint density at radius 2 is 1.38 bits per heavy atom. The maximum atomic E-state index is 8.39. The molecule has 13 heavy (non-hydrogen) atoms. The van der Waals surface area contributed by atoms with E-state index in [0.717, 1.165) is 0 Å². The number of hydrogen-bond acceptors (Lipinski definition) is 5. The van der Waals surface area contributed by atoms with Crippen LogP contribution in [0.2, 0.25) is 0 Å². The first-order valence-electron chi connectivity index (χ1n) is 3.77. The molecule has 1 unspecified atom stereocenters. The molecular weight excluding hydrogens is 180 g/mol. The van der Waals surface area contributed by atoms with Gasteiger partial charge < -0.3 is 31.0 Å². The van der Waals surface area contributed by atoms with Crippen LogP contribution in [0.1, 0.15) is 13.3 Å². The Bertz CT molecular complexity index is 73.4. The first kappa shape index (κ1) is 18.5. The van der Waals surface area contributed by atoms with Gasteiger partial charge in [-0.25, -0.2) is 0 Å². The summed E-state index contributed by atoms with van der Waals surface area (Å²) in [6.07, 6.45) is -0.819. The summed E-state index contributed by atoms with van der Waals surface area (Å²) in [5, 5.41) is 40.5. The Morgan fingerprint density at radius 1 is 1.00 bits per heavy atom. The molecule has 0 aromatic heterocycles. The van der Waals surface area contributed by atoms with Gasteiger partial charge in [0.15, 0.2) is 0 Å². The van der Waals surface area contributed by atoms with E-state index in [4.69, 9.17) is 25.5 Å². The van der Waals surface area contributed by atoms with Gasteiger partial charge in [-0.2, -0.15) is 0 Å². The molecule has 0 aliphatic carbocycles. The molecule has 0 saturated heterocycles. The molecule has 0 spiro atoms. The molecule has 84 valence electrons. The molecule has 0 aliphatic heterocycles. The minimum absolute atomic E-state index is 0. The van der Waals surface area contributed by atoms with E-state index < -0.39 is 6.10 Å². The molecule has 0 aromatic carbocycles. The third-order valence-corrected chi connectivity index (χ3v) is 0.968. The van der Waals surface area contributed by atoms with Gasteiger partial charge in [0.1, 0.15) is 6.10 Å². The lowest BCUT2D eigenvalue weighted by Crippen LogP contribution is -2.15. The summed E-state index contributed by atoms with van der Waals surface area (Å²) >= 11 is 0. The van der Waals surface area contributed by atoms with Gasteiger partial charge in [-0.3, -0.25) is 0 Å². The maximum absolute atomic E-state index is 8.39. The fraction of sp³-hybridized carbons (Fsp3) is 1.00. The van der Waals surface area contributed by atoms with Crippen molar-refractivity contribution >= 4 is 0 Å². The Balaban J connectivity index is -0.000000143. The van der Waals surface area contributed by atoms with Crippen LogP contribution in [-0.2, 0) is 0 Å². The van der Waals surface area contributed by atoms with Crippen LogP contribution in [-0.4, -0.2) is 63.0 Å². The minimum Gasteiger partial charge on any atom is -0.412 e. The average Bonchev–Trinajstić information content (AvgIpc) is 2.04. The molecule has 6 nitrogen and oxygen atoms in total. The standard InChI is InChI=1S/C4H10O2.C3H8O3.H2O/c1-4(6)2-3-5;4-1-3(6)2-5;/h4-6H,2-3H2,1H3;3-6H,1-2H2;1H2. The van der Waals surface area contributed by atoms with Gasteiger partial charge in [-0.15, -0.1) is 0 Å². The fourth-order valence-corrected chi connectivity index (χ4v) is 0.245. The predicted octanol–water partition coefficient (Wildman–Crippen LogP) is -2.74. The molecule has 0 bridgehead atoms. The summed E-state index contributed by atoms with van der Waals surface area (Å²) in [4.78, 5) is 0. The first-order chi connectivity index (χ1) is 5.58. The third-order valence-electron chi connectivity index (χ3n) is 0.968. The van der Waals surface area contributed by atoms with Gasteiger partial charge in [0, 0.05) is 6.61 Å². The van der Waals surface area contributed by atoms with Crippen LogP contribution in [0.5, 0.6) is 0 Å². The van der Waals surface area contributed by atoms with E-state index in [1.54, 1.807) is 6.92 Å². The summed E-state index contributed by atoms with van der Waals surface area (Å²) in [6.45, 7) is 1.00. The second kappa shape index (κ2) is 14.3. The van der Waals surface area contributed by atoms with Gasteiger partial charge in [-0.05, 0) is 13.3 Å². The van der Waals surface area contributed by atoms with E-state index in [1.165, 1.54) is 0 Å². The molecule has 7 N–H and O–H groups in total. The van der Waals surface area contributed by atoms with E-state index in [-0.39, 0.29) is 31.4 Å². The molecule has 0 amide bonds. The highest BCUT2D eigenvalue weighted by Gasteiger charge is 1.93. The number of rotatable bonds is 4. The predicted molar refractivity (Wildman–Crippen MR) is 47.2 cm³/mol. The molecule has 0 radical (unpaired) electrons. The fourth-order valence-electron chi connectivity index (χ4n) is 0.245. The molecule has 0 saturated carbocycles. The zero-order chi connectivity index (χ0) is 9.98. The van der Waals surface area contributed by atoms with Crippen molar-refractivity contribution in [3.05, 3.63) is 0 Å². The van der Waals surface area contributed by atoms with Crippen LogP contribution in [0.3, 0.4) is 0 Å². The third kappa shape index (κ3) is 24.5. The molecule has 0 aliphatic rings. The number of aliphatic hydroxyl groups is 5. The van der Waals surface area contributed by atoms with Crippen LogP contribution in [0, 0.1) is 0 Å². The van der Waals surface area contributed by atoms with Gasteiger partial charge in [0.25, 0.3) is 0 Å². The van der Waals surface area contributed by atoms with Gasteiger partial charge in [-0.1, -0.05) is 0 Å². The van der Waals surface area contributed by atoms with Crippen molar-refractivity contribution in [2.24, 2.45) is 0 Å². The largest absolute Gasteiger partial charge is 0.412 e. The highest BCUT2D eigenvalue weighted by molar-refractivity contribution is 4.44. The minimum atomic E-state index is -0.954. The van der Waals surface area contributed by atoms with Crippen molar-refractivity contribution in [2.75, 3.05) is 19.8 Å². The molecule has 0 rings (SSSR count). The van der Waals surface area contributed by atoms with Crippen LogP contribution in [0.4, 0.5) is 0 Å². The van der Waals surface area contributed by atoms with E-state index in [1.807, 2.05) is 0 Å².